The molecule has 0 saturated carbocycles. The van der Waals surface area contributed by atoms with Crippen molar-refractivity contribution in [3.05, 3.63) is 76.7 Å². The maximum atomic E-state index is 13.9. The molecule has 2 aromatic heterocycles. The van der Waals surface area contributed by atoms with E-state index in [9.17, 15) is 18.4 Å². The van der Waals surface area contributed by atoms with Gasteiger partial charge in [-0.3, -0.25) is 0 Å². The summed E-state index contributed by atoms with van der Waals surface area (Å²) < 4.78 is 42.7. The van der Waals surface area contributed by atoms with Gasteiger partial charge in [0, 0.05) is 11.6 Å². The number of nitriles is 1. The Kier molecular flexibility index (Phi) is 5.96. The van der Waals surface area contributed by atoms with Crippen LogP contribution in [0.1, 0.15) is 22.9 Å². The van der Waals surface area contributed by atoms with E-state index in [1.165, 1.54) is 47.4 Å². The summed E-state index contributed by atoms with van der Waals surface area (Å²) in [5.41, 5.74) is 8.86. The number of nitrogens with two attached hydrogens (primary N) is 1. The molecule has 0 aliphatic rings. The molecule has 1 unspecified atom stereocenters. The Morgan fingerprint density at radius 1 is 1.10 bits per heavy atom. The first-order valence-corrected chi connectivity index (χ1v) is 11.2. The minimum Gasteiger partial charge on any atom is -0.322 e. The Morgan fingerprint density at radius 2 is 1.84 bits per heavy atom. The van der Waals surface area contributed by atoms with E-state index in [1.54, 1.807) is 6.07 Å². The summed E-state index contributed by atoms with van der Waals surface area (Å²) >= 11 is 2.94. The molecule has 4 aromatic rings. The Morgan fingerprint density at radius 3 is 2.52 bits per heavy atom. The molecule has 31 heavy (non-hydrogen) atoms. The predicted molar refractivity (Wildman–Crippen MR) is 116 cm³/mol. The van der Waals surface area contributed by atoms with Crippen molar-refractivity contribution in [3.8, 4) is 17.2 Å². The molecule has 156 valence electrons. The number of halogens is 3. The van der Waals surface area contributed by atoms with Crippen LogP contribution in [-0.4, -0.2) is 16.2 Å². The topological polar surface area (TPSA) is 75.6 Å². The smallest absolute Gasteiger partial charge is 0.171 e. The van der Waals surface area contributed by atoms with Gasteiger partial charge in [0.05, 0.1) is 22.0 Å². The molecule has 0 fully saturated rings. The third-order valence-electron chi connectivity index (χ3n) is 4.69. The van der Waals surface area contributed by atoms with Crippen molar-refractivity contribution in [1.29, 1.82) is 5.26 Å². The first-order valence-electron chi connectivity index (χ1n) is 9.14. The molecule has 2 heterocycles. The van der Waals surface area contributed by atoms with Crippen molar-refractivity contribution in [1.82, 2.24) is 9.97 Å². The molecule has 2 aromatic carbocycles. The molecular weight excluding hydrogens is 441 g/mol. The minimum atomic E-state index is -0.712. The SMILES string of the molecule is CSc1nc2nc(C(N)Cc3cc(F)cc(F)c3)c(-c3ccc(F)c(C#N)c3)cc2s1. The number of thiazole rings is 1. The molecule has 0 radical (unpaired) electrons. The van der Waals surface area contributed by atoms with Gasteiger partial charge in [-0.15, -0.1) is 11.3 Å². The van der Waals surface area contributed by atoms with E-state index >= 15 is 0 Å². The Balaban J connectivity index is 1.85. The highest BCUT2D eigenvalue weighted by Crippen LogP contribution is 2.35. The highest BCUT2D eigenvalue weighted by Gasteiger charge is 2.20. The molecule has 0 spiro atoms. The van der Waals surface area contributed by atoms with Crippen LogP contribution in [-0.2, 0) is 6.42 Å². The summed E-state index contributed by atoms with van der Waals surface area (Å²) in [5.74, 6) is -2.00. The summed E-state index contributed by atoms with van der Waals surface area (Å²) in [6.07, 6.45) is 2.04. The molecule has 4 nitrogen and oxygen atoms in total. The number of aromatic nitrogens is 2. The number of benzene rings is 2. The lowest BCUT2D eigenvalue weighted by Gasteiger charge is -2.16. The zero-order chi connectivity index (χ0) is 22.1. The summed E-state index contributed by atoms with van der Waals surface area (Å²) in [6, 6.07) is 10.4. The van der Waals surface area contributed by atoms with Crippen LogP contribution in [0.5, 0.6) is 0 Å². The first-order chi connectivity index (χ1) is 14.9. The fourth-order valence-electron chi connectivity index (χ4n) is 3.32. The largest absolute Gasteiger partial charge is 0.322 e. The van der Waals surface area contributed by atoms with Crippen molar-refractivity contribution >= 4 is 33.4 Å². The molecule has 0 amide bonds. The zero-order valence-corrected chi connectivity index (χ0v) is 17.8. The Bertz CT molecular complexity index is 1310. The van der Waals surface area contributed by atoms with Crippen LogP contribution < -0.4 is 5.73 Å². The highest BCUT2D eigenvalue weighted by molar-refractivity contribution is 8.00. The van der Waals surface area contributed by atoms with Crippen LogP contribution in [0.4, 0.5) is 13.2 Å². The van der Waals surface area contributed by atoms with Gasteiger partial charge in [0.15, 0.2) is 9.99 Å². The van der Waals surface area contributed by atoms with Gasteiger partial charge in [0.1, 0.15) is 23.5 Å². The second-order valence-corrected chi connectivity index (χ2v) is 8.91. The van der Waals surface area contributed by atoms with Crippen LogP contribution in [0.25, 0.3) is 21.5 Å². The maximum absolute atomic E-state index is 13.9. The lowest BCUT2D eigenvalue weighted by Crippen LogP contribution is -2.16. The molecule has 0 aliphatic carbocycles. The van der Waals surface area contributed by atoms with Gasteiger partial charge in [-0.2, -0.15) is 5.26 Å². The van der Waals surface area contributed by atoms with E-state index in [1.807, 2.05) is 18.4 Å². The summed E-state index contributed by atoms with van der Waals surface area (Å²) in [7, 11) is 0. The molecule has 4 rings (SSSR count). The van der Waals surface area contributed by atoms with Gasteiger partial charge in [-0.1, -0.05) is 17.8 Å². The van der Waals surface area contributed by atoms with E-state index < -0.39 is 23.5 Å². The summed E-state index contributed by atoms with van der Waals surface area (Å²) in [6.45, 7) is 0. The monoisotopic (exact) mass is 456 g/mol. The average Bonchev–Trinajstić information content (AvgIpc) is 3.14. The second kappa shape index (κ2) is 8.67. The number of nitrogens with zero attached hydrogens (tertiary/aromatic N) is 3. The number of pyridine rings is 1. The molecule has 0 aliphatic heterocycles. The van der Waals surface area contributed by atoms with Gasteiger partial charge in [-0.25, -0.2) is 23.1 Å². The van der Waals surface area contributed by atoms with Crippen molar-refractivity contribution in [2.45, 2.75) is 16.8 Å². The van der Waals surface area contributed by atoms with E-state index in [2.05, 4.69) is 9.97 Å². The van der Waals surface area contributed by atoms with E-state index in [0.717, 1.165) is 15.1 Å². The van der Waals surface area contributed by atoms with Crippen LogP contribution in [0.15, 0.2) is 46.8 Å². The number of fused-ring (bicyclic) bond motifs is 1. The number of rotatable bonds is 5. The summed E-state index contributed by atoms with van der Waals surface area (Å²) in [5, 5.41) is 9.21. The summed E-state index contributed by atoms with van der Waals surface area (Å²) in [4.78, 5) is 9.11. The average molecular weight is 457 g/mol. The van der Waals surface area contributed by atoms with Crippen LogP contribution in [0.2, 0.25) is 0 Å². The van der Waals surface area contributed by atoms with Gasteiger partial charge < -0.3 is 5.73 Å². The van der Waals surface area contributed by atoms with Crippen LogP contribution in [0.3, 0.4) is 0 Å². The lowest BCUT2D eigenvalue weighted by molar-refractivity contribution is 0.576. The molecular formula is C22H15F3N4S2. The third kappa shape index (κ3) is 4.42. The molecule has 1 atom stereocenters. The first kappa shape index (κ1) is 21.3. The molecule has 2 N–H and O–H groups in total. The third-order valence-corrected chi connectivity index (χ3v) is 6.67. The lowest BCUT2D eigenvalue weighted by atomic mass is 9.95. The molecule has 9 heteroatoms. The zero-order valence-electron chi connectivity index (χ0n) is 16.2. The van der Waals surface area contributed by atoms with E-state index in [0.29, 0.717) is 28.0 Å². The van der Waals surface area contributed by atoms with Gasteiger partial charge in [-0.05, 0) is 54.1 Å². The number of hydrogen-bond acceptors (Lipinski definition) is 6. The number of thioether (sulfide) groups is 1. The van der Waals surface area contributed by atoms with Crippen molar-refractivity contribution in [2.75, 3.05) is 6.26 Å². The van der Waals surface area contributed by atoms with Crippen LogP contribution in [0, 0.1) is 28.8 Å². The second-order valence-electron chi connectivity index (χ2n) is 6.82. The fourth-order valence-corrected chi connectivity index (χ4v) is 4.78. The minimum absolute atomic E-state index is 0.0987. The number of hydrogen-bond donors (Lipinski definition) is 1. The predicted octanol–water partition coefficient (Wildman–Crippen LogP) is 5.61. The fraction of sp³-hybridized carbons (Fsp3) is 0.136. The standard InChI is InChI=1S/C22H15F3N4S2/c1-30-22-29-21-19(31-22)9-16(12-2-3-17(25)13(7-12)10-26)20(28-21)18(27)6-11-4-14(23)8-15(24)5-11/h2-5,7-9,18H,6,27H2,1H3. The van der Waals surface area contributed by atoms with Crippen molar-refractivity contribution < 1.29 is 13.2 Å². The molecule has 0 bridgehead atoms. The highest BCUT2D eigenvalue weighted by atomic mass is 32.2. The van der Waals surface area contributed by atoms with Gasteiger partial charge in [0.25, 0.3) is 0 Å². The van der Waals surface area contributed by atoms with Gasteiger partial charge >= 0.3 is 0 Å². The van der Waals surface area contributed by atoms with Crippen LogP contribution >= 0.6 is 23.1 Å². The van der Waals surface area contributed by atoms with Gasteiger partial charge in [0.2, 0.25) is 0 Å². The van der Waals surface area contributed by atoms with E-state index in [-0.39, 0.29) is 12.0 Å². The van der Waals surface area contributed by atoms with Crippen molar-refractivity contribution in [3.63, 3.8) is 0 Å². The maximum Gasteiger partial charge on any atom is 0.171 e. The Hall–Kier alpha value is -2.93. The Labute approximate surface area is 184 Å². The molecule has 0 saturated heterocycles. The normalized spacial score (nSPS) is 12.1. The quantitative estimate of drug-likeness (QED) is 0.395. The van der Waals surface area contributed by atoms with Crippen molar-refractivity contribution in [2.24, 2.45) is 5.73 Å². The van der Waals surface area contributed by atoms with E-state index in [4.69, 9.17) is 5.73 Å².